The van der Waals surface area contributed by atoms with Gasteiger partial charge in [0, 0.05) is 0 Å². The molecule has 2 atom stereocenters. The molecule has 0 heterocycles. The molecule has 0 radical (unpaired) electrons. The van der Waals surface area contributed by atoms with Gasteiger partial charge < -0.3 is 0 Å². The van der Waals surface area contributed by atoms with Crippen molar-refractivity contribution in [1.29, 1.82) is 0 Å². The van der Waals surface area contributed by atoms with Gasteiger partial charge in [0.05, 0.1) is 0 Å². The Morgan fingerprint density at radius 3 is 1.94 bits per heavy atom. The molecule has 0 aliphatic carbocycles. The van der Waals surface area contributed by atoms with Crippen LogP contribution in [0.25, 0.3) is 0 Å². The molecule has 0 aromatic heterocycles. The van der Waals surface area contributed by atoms with E-state index in [1.54, 1.807) is 0 Å². The number of rotatable bonds is 4. The molecule has 0 spiro atoms. The summed E-state index contributed by atoms with van der Waals surface area (Å²) < 4.78 is 0. The lowest BCUT2D eigenvalue weighted by Gasteiger charge is -2.03. The van der Waals surface area contributed by atoms with E-state index >= 15 is 0 Å². The summed E-state index contributed by atoms with van der Waals surface area (Å²) in [6, 6.07) is 19.7. The maximum absolute atomic E-state index is 2.25. The van der Waals surface area contributed by atoms with Crippen molar-refractivity contribution < 1.29 is 0 Å². The summed E-state index contributed by atoms with van der Waals surface area (Å²) in [5.41, 5.74) is 1.35. The Balaban J connectivity index is 1.82. The summed E-state index contributed by atoms with van der Waals surface area (Å²) in [4.78, 5) is 0. The summed E-state index contributed by atoms with van der Waals surface area (Å²) in [5.74, 6) is 1.28. The highest BCUT2D eigenvalue weighted by Gasteiger charge is 1.94. The number of benzene rings is 2. The molecule has 0 bridgehead atoms. The minimum Gasteiger partial charge on any atom is -0.0859 e. The molecule has 0 saturated heterocycles. The lowest BCUT2D eigenvalue weighted by atomic mass is 10.2. The minimum absolute atomic E-state index is 0.939. The summed E-state index contributed by atoms with van der Waals surface area (Å²) in [7, 11) is 1.88. The molecule has 2 aromatic rings. The van der Waals surface area contributed by atoms with E-state index in [1.165, 1.54) is 22.1 Å². The number of aryl methyl sites for hydroxylation is 1. The maximum Gasteiger partial charge on any atom is -0.00947 e. The van der Waals surface area contributed by atoms with Crippen molar-refractivity contribution in [2.75, 3.05) is 5.90 Å². The van der Waals surface area contributed by atoms with E-state index in [0.29, 0.717) is 0 Å². The number of hydrogen-bond donors (Lipinski definition) is 0. The van der Waals surface area contributed by atoms with E-state index < -0.39 is 0 Å². The summed E-state index contributed by atoms with van der Waals surface area (Å²) >= 11 is 0. The zero-order valence-corrected chi connectivity index (χ0v) is 11.4. The van der Waals surface area contributed by atoms with Crippen molar-refractivity contribution in [3.8, 4) is 0 Å². The highest BCUT2D eigenvalue weighted by atomic mass is 31.1. The van der Waals surface area contributed by atoms with Crippen molar-refractivity contribution >= 4 is 27.8 Å². The zero-order valence-electron chi connectivity index (χ0n) is 9.40. The highest BCUT2D eigenvalue weighted by Crippen LogP contribution is 2.22. The van der Waals surface area contributed by atoms with E-state index in [-0.39, 0.29) is 0 Å². The topological polar surface area (TPSA) is 0 Å². The van der Waals surface area contributed by atoms with Crippen LogP contribution in [-0.2, 0) is 0 Å². The summed E-state index contributed by atoms with van der Waals surface area (Å²) in [5, 5.41) is 2.95. The molecule has 0 nitrogen and oxygen atoms in total. The third kappa shape index (κ3) is 3.71. The van der Waals surface area contributed by atoms with E-state index in [2.05, 4.69) is 61.5 Å². The molecule has 2 heteroatoms. The molecular formula is C14H16P2. The van der Waals surface area contributed by atoms with Crippen LogP contribution < -0.4 is 10.6 Å². The normalized spacial score (nSPS) is 11.8. The first-order valence-corrected chi connectivity index (χ1v) is 7.85. The minimum atomic E-state index is 0.939. The second kappa shape index (κ2) is 6.14. The predicted molar refractivity (Wildman–Crippen MR) is 78.4 cm³/mol. The summed E-state index contributed by atoms with van der Waals surface area (Å²) in [6.07, 6.45) is 0. The molecule has 2 unspecified atom stereocenters. The fourth-order valence-electron chi connectivity index (χ4n) is 1.48. The molecule has 0 aliphatic heterocycles. The molecule has 0 aliphatic rings. The Bertz CT molecular complexity index is 420. The Morgan fingerprint density at radius 1 is 0.750 bits per heavy atom. The monoisotopic (exact) mass is 246 g/mol. The molecule has 0 amide bonds. The van der Waals surface area contributed by atoms with Crippen LogP contribution in [0, 0.1) is 6.92 Å². The van der Waals surface area contributed by atoms with Crippen LogP contribution in [0.4, 0.5) is 0 Å². The van der Waals surface area contributed by atoms with Gasteiger partial charge in [0.2, 0.25) is 0 Å². The molecule has 2 rings (SSSR count). The van der Waals surface area contributed by atoms with Gasteiger partial charge in [-0.2, -0.15) is 0 Å². The molecular weight excluding hydrogens is 230 g/mol. The van der Waals surface area contributed by atoms with Gasteiger partial charge in [0.15, 0.2) is 0 Å². The van der Waals surface area contributed by atoms with Gasteiger partial charge >= 0.3 is 0 Å². The van der Waals surface area contributed by atoms with Gasteiger partial charge in [-0.3, -0.25) is 0 Å². The second-order valence-electron chi connectivity index (χ2n) is 3.76. The largest absolute Gasteiger partial charge is 0.0859 e. The molecule has 0 N–H and O–H groups in total. The molecule has 2 aromatic carbocycles. The van der Waals surface area contributed by atoms with E-state index in [0.717, 1.165) is 17.2 Å². The third-order valence-electron chi connectivity index (χ3n) is 2.41. The molecule has 16 heavy (non-hydrogen) atoms. The fraction of sp³-hybridized carbons (Fsp3) is 0.143. The van der Waals surface area contributed by atoms with Crippen LogP contribution in [0.3, 0.4) is 0 Å². The van der Waals surface area contributed by atoms with Crippen LogP contribution in [0.2, 0.25) is 0 Å². The SMILES string of the molecule is Cc1ccc(PCPc2ccccc2)cc1. The molecule has 0 fully saturated rings. The Hall–Kier alpha value is -0.700. The lowest BCUT2D eigenvalue weighted by Crippen LogP contribution is -1.96. The van der Waals surface area contributed by atoms with E-state index in [4.69, 9.17) is 0 Å². The Labute approximate surface area is 101 Å². The van der Waals surface area contributed by atoms with Gasteiger partial charge in [-0.05, 0) is 23.4 Å². The lowest BCUT2D eigenvalue weighted by molar-refractivity contribution is 1.49. The van der Waals surface area contributed by atoms with Crippen LogP contribution in [-0.4, -0.2) is 5.90 Å². The van der Waals surface area contributed by atoms with Crippen molar-refractivity contribution in [3.05, 3.63) is 60.2 Å². The van der Waals surface area contributed by atoms with Gasteiger partial charge in [0.1, 0.15) is 0 Å². The number of hydrogen-bond acceptors (Lipinski definition) is 0. The van der Waals surface area contributed by atoms with Gasteiger partial charge in [-0.1, -0.05) is 77.3 Å². The predicted octanol–water partition coefficient (Wildman–Crippen LogP) is 3.26. The maximum atomic E-state index is 2.25. The second-order valence-corrected chi connectivity index (χ2v) is 7.04. The quantitative estimate of drug-likeness (QED) is 0.726. The van der Waals surface area contributed by atoms with Crippen LogP contribution in [0.5, 0.6) is 0 Å². The van der Waals surface area contributed by atoms with Crippen molar-refractivity contribution in [2.45, 2.75) is 6.92 Å². The van der Waals surface area contributed by atoms with Crippen LogP contribution in [0.1, 0.15) is 5.56 Å². The Morgan fingerprint density at radius 2 is 1.31 bits per heavy atom. The standard InChI is InChI=1S/C14H16P2/c1-12-7-9-14(10-8-12)16-11-15-13-5-3-2-4-6-13/h2-10,15-16H,11H2,1H3. The first-order chi connectivity index (χ1) is 7.84. The van der Waals surface area contributed by atoms with E-state index in [1.807, 2.05) is 0 Å². The molecule has 82 valence electrons. The van der Waals surface area contributed by atoms with Crippen molar-refractivity contribution in [2.24, 2.45) is 0 Å². The first-order valence-electron chi connectivity index (χ1n) is 5.44. The zero-order chi connectivity index (χ0) is 11.2. The van der Waals surface area contributed by atoms with Crippen LogP contribution >= 0.6 is 17.2 Å². The third-order valence-corrected chi connectivity index (χ3v) is 5.31. The van der Waals surface area contributed by atoms with Gasteiger partial charge in [-0.25, -0.2) is 0 Å². The fourth-order valence-corrected chi connectivity index (χ4v) is 4.29. The van der Waals surface area contributed by atoms with E-state index in [9.17, 15) is 0 Å². The average Bonchev–Trinajstić information content (AvgIpc) is 2.33. The first kappa shape index (κ1) is 11.8. The van der Waals surface area contributed by atoms with Crippen molar-refractivity contribution in [3.63, 3.8) is 0 Å². The average molecular weight is 246 g/mol. The van der Waals surface area contributed by atoms with Gasteiger partial charge in [0.25, 0.3) is 0 Å². The van der Waals surface area contributed by atoms with Crippen molar-refractivity contribution in [1.82, 2.24) is 0 Å². The highest BCUT2D eigenvalue weighted by molar-refractivity contribution is 7.64. The smallest absolute Gasteiger partial charge is 0.00947 e. The molecule has 0 saturated carbocycles. The van der Waals surface area contributed by atoms with Crippen LogP contribution in [0.15, 0.2) is 54.6 Å². The van der Waals surface area contributed by atoms with Gasteiger partial charge in [-0.15, -0.1) is 0 Å². The summed E-state index contributed by atoms with van der Waals surface area (Å²) in [6.45, 7) is 2.14. The Kier molecular flexibility index (Phi) is 4.52.